The Morgan fingerprint density at radius 3 is 0.938 bits per heavy atom. The fourth-order valence-electron chi connectivity index (χ4n) is 11.4. The van der Waals surface area contributed by atoms with Crippen molar-refractivity contribution in [3.05, 3.63) is 12.2 Å². The highest BCUT2D eigenvalue weighted by Crippen LogP contribution is 2.38. The van der Waals surface area contributed by atoms with Crippen molar-refractivity contribution in [2.75, 3.05) is 40.9 Å². The van der Waals surface area contributed by atoms with E-state index < -0.39 is 20.0 Å². The van der Waals surface area contributed by atoms with E-state index in [4.69, 9.17) is 9.05 Å². The minimum atomic E-state index is -4.60. The Kier molecular flexibility index (Phi) is 62.2. The van der Waals surface area contributed by atoms with E-state index in [1.54, 1.807) is 6.08 Å². The van der Waals surface area contributed by atoms with Crippen LogP contribution in [-0.4, -0.2) is 68.5 Å². The van der Waals surface area contributed by atoms with E-state index in [0.29, 0.717) is 17.4 Å². The van der Waals surface area contributed by atoms with Gasteiger partial charge in [0.2, 0.25) is 5.91 Å². The molecule has 0 radical (unpaired) electrons. The number of aliphatic hydroxyl groups is 1. The van der Waals surface area contributed by atoms with Gasteiger partial charge in [-0.15, -0.1) is 0 Å². The van der Waals surface area contributed by atoms with E-state index in [0.717, 1.165) is 38.5 Å². The zero-order valence-corrected chi connectivity index (χ0v) is 55.7. The average molecular weight is 1150 g/mol. The van der Waals surface area contributed by atoms with Crippen molar-refractivity contribution in [2.24, 2.45) is 0 Å². The molecule has 0 aromatic carbocycles. The van der Waals surface area contributed by atoms with Crippen LogP contribution in [0.1, 0.15) is 386 Å². The molecule has 8 nitrogen and oxygen atoms in total. The fourth-order valence-corrected chi connectivity index (χ4v) is 12.1. The Bertz CT molecular complexity index is 1310. The number of aliphatic hydroxyl groups excluding tert-OH is 1. The number of carbonyl (C=O) groups is 1. The van der Waals surface area contributed by atoms with Crippen molar-refractivity contribution in [2.45, 2.75) is 398 Å². The number of hydrogen-bond donors (Lipinski definition) is 2. The van der Waals surface area contributed by atoms with Gasteiger partial charge in [0.05, 0.1) is 39.9 Å². The summed E-state index contributed by atoms with van der Waals surface area (Å²) >= 11 is 0. The number of rotatable bonds is 68. The molecule has 3 atom stereocenters. The summed E-state index contributed by atoms with van der Waals surface area (Å²) in [5.41, 5.74) is 0. The molecule has 0 aromatic rings. The van der Waals surface area contributed by atoms with Gasteiger partial charge in [-0.1, -0.05) is 373 Å². The number of hydrogen-bond acceptors (Lipinski definition) is 6. The highest BCUT2D eigenvalue weighted by Gasteiger charge is 2.23. The van der Waals surface area contributed by atoms with Crippen molar-refractivity contribution in [1.29, 1.82) is 0 Å². The number of unbranched alkanes of at least 4 members (excludes halogenated alkanes) is 55. The zero-order valence-electron chi connectivity index (χ0n) is 54.8. The van der Waals surface area contributed by atoms with Crippen LogP contribution in [0, 0.1) is 0 Å². The smallest absolute Gasteiger partial charge is 0.268 e. The third kappa shape index (κ3) is 64.8. The van der Waals surface area contributed by atoms with Gasteiger partial charge >= 0.3 is 0 Å². The summed E-state index contributed by atoms with van der Waals surface area (Å²) in [6, 6.07) is -0.884. The molecule has 0 aliphatic carbocycles. The summed E-state index contributed by atoms with van der Waals surface area (Å²) in [7, 11) is 1.29. The van der Waals surface area contributed by atoms with Crippen LogP contribution in [0.5, 0.6) is 0 Å². The number of quaternary nitrogens is 1. The molecule has 478 valence electrons. The molecule has 0 aliphatic rings. The number of likely N-dealkylation sites (N-methyl/N-ethyl adjacent to an activating group) is 1. The lowest BCUT2D eigenvalue weighted by molar-refractivity contribution is -0.870. The molecule has 0 aromatic heterocycles. The van der Waals surface area contributed by atoms with Gasteiger partial charge in [0.15, 0.2) is 0 Å². The molecule has 1 amide bonds. The first kappa shape index (κ1) is 79.2. The number of carbonyl (C=O) groups excluding carboxylic acids is 1. The van der Waals surface area contributed by atoms with Gasteiger partial charge in [-0.25, -0.2) is 0 Å². The SMILES string of the molecule is CCCCCCCCCCCCCCCCCCCCCCCCCCC/C=C/C(O)C(COP(=O)([O-])OCC[N+](C)(C)C)NC(=O)CCCCCCCCCCCCCCCCCCCCCCCCCCCCCCCCC. The van der Waals surface area contributed by atoms with Gasteiger partial charge in [-0.2, -0.15) is 0 Å². The lowest BCUT2D eigenvalue weighted by Crippen LogP contribution is -2.45. The van der Waals surface area contributed by atoms with Crippen LogP contribution in [0.15, 0.2) is 12.2 Å². The van der Waals surface area contributed by atoms with E-state index in [1.165, 1.54) is 327 Å². The third-order valence-electron chi connectivity index (χ3n) is 17.0. The van der Waals surface area contributed by atoms with E-state index in [-0.39, 0.29) is 19.1 Å². The second kappa shape index (κ2) is 62.8. The second-order valence-electron chi connectivity index (χ2n) is 26.3. The molecular formula is C71H143N2O6P. The Labute approximate surface area is 501 Å². The molecule has 0 heterocycles. The summed E-state index contributed by atoms with van der Waals surface area (Å²) in [6.45, 7) is 4.73. The van der Waals surface area contributed by atoms with Crippen LogP contribution < -0.4 is 10.2 Å². The largest absolute Gasteiger partial charge is 0.756 e. The maximum absolute atomic E-state index is 13.0. The highest BCUT2D eigenvalue weighted by atomic mass is 31.2. The van der Waals surface area contributed by atoms with Crippen molar-refractivity contribution < 1.29 is 32.9 Å². The minimum Gasteiger partial charge on any atom is -0.756 e. The first-order valence-corrected chi connectivity index (χ1v) is 37.5. The molecule has 0 spiro atoms. The van der Waals surface area contributed by atoms with Crippen molar-refractivity contribution in [3.8, 4) is 0 Å². The first-order valence-electron chi connectivity index (χ1n) is 36.1. The molecule has 9 heteroatoms. The fraction of sp³-hybridized carbons (Fsp3) is 0.958. The summed E-state index contributed by atoms with van der Waals surface area (Å²) in [6.07, 6.45) is 80.6. The topological polar surface area (TPSA) is 108 Å². The van der Waals surface area contributed by atoms with Crippen LogP contribution >= 0.6 is 7.82 Å². The molecule has 0 rings (SSSR count). The lowest BCUT2D eigenvalue weighted by atomic mass is 10.0. The van der Waals surface area contributed by atoms with Crippen LogP contribution in [0.4, 0.5) is 0 Å². The molecule has 0 saturated heterocycles. The summed E-state index contributed by atoms with van der Waals surface area (Å²) in [5, 5.41) is 14.0. The van der Waals surface area contributed by atoms with Gasteiger partial charge in [-0.05, 0) is 19.3 Å². The van der Waals surface area contributed by atoms with Gasteiger partial charge in [0.25, 0.3) is 7.82 Å². The van der Waals surface area contributed by atoms with Crippen molar-refractivity contribution in [3.63, 3.8) is 0 Å². The maximum atomic E-state index is 13.0. The van der Waals surface area contributed by atoms with Crippen molar-refractivity contribution in [1.82, 2.24) is 5.32 Å². The van der Waals surface area contributed by atoms with Gasteiger partial charge in [-0.3, -0.25) is 9.36 Å². The minimum absolute atomic E-state index is 0.00305. The number of nitrogens with zero attached hydrogens (tertiary/aromatic N) is 1. The molecule has 2 N–H and O–H groups in total. The first-order chi connectivity index (χ1) is 39.0. The van der Waals surface area contributed by atoms with E-state index in [2.05, 4.69) is 19.2 Å². The van der Waals surface area contributed by atoms with Crippen LogP contribution in [0.25, 0.3) is 0 Å². The molecule has 3 unspecified atom stereocenters. The van der Waals surface area contributed by atoms with E-state index in [1.807, 2.05) is 27.2 Å². The Hall–Kier alpha value is -0.760. The normalized spacial score (nSPS) is 13.6. The second-order valence-corrected chi connectivity index (χ2v) is 27.7. The average Bonchev–Trinajstić information content (AvgIpc) is 3.42. The van der Waals surface area contributed by atoms with Gasteiger partial charge < -0.3 is 28.8 Å². The Morgan fingerprint density at radius 2 is 0.675 bits per heavy atom. The quantitative estimate of drug-likeness (QED) is 0.0272. The number of nitrogens with one attached hydrogen (secondary N) is 1. The van der Waals surface area contributed by atoms with Crippen LogP contribution in [-0.2, 0) is 18.4 Å². The predicted octanol–water partition coefficient (Wildman–Crippen LogP) is 22.3. The molecule has 0 bridgehead atoms. The number of amides is 1. The molecular weight excluding hydrogens is 1010 g/mol. The Morgan fingerprint density at radius 1 is 0.425 bits per heavy atom. The number of allylic oxidation sites excluding steroid dienone is 1. The molecule has 0 saturated carbocycles. The summed E-state index contributed by atoms with van der Waals surface area (Å²) in [4.78, 5) is 25.6. The standard InChI is InChI=1S/C71H143N2O6P/c1-6-8-10-12-14-16-18-20-22-24-26-28-30-32-34-35-36-37-39-41-43-45-47-49-51-53-55-57-59-61-63-65-71(75)72-69(68-79-80(76,77)78-67-66-73(3,4)5)70(74)64-62-60-58-56-54-52-50-48-46-44-42-40-38-33-31-29-27-25-23-21-19-17-15-13-11-9-7-2/h62,64,69-70,74H,6-61,63,65-68H2,1-5H3,(H-,72,75,76,77)/b64-62+. The molecule has 0 fully saturated rings. The van der Waals surface area contributed by atoms with Crippen LogP contribution in [0.2, 0.25) is 0 Å². The summed E-state index contributed by atoms with van der Waals surface area (Å²) < 4.78 is 23.5. The van der Waals surface area contributed by atoms with Crippen LogP contribution in [0.3, 0.4) is 0 Å². The molecule has 80 heavy (non-hydrogen) atoms. The number of phosphoric acid groups is 1. The predicted molar refractivity (Wildman–Crippen MR) is 349 cm³/mol. The monoisotopic (exact) mass is 1150 g/mol. The highest BCUT2D eigenvalue weighted by molar-refractivity contribution is 7.45. The maximum Gasteiger partial charge on any atom is 0.268 e. The third-order valence-corrected chi connectivity index (χ3v) is 18.0. The van der Waals surface area contributed by atoms with E-state index in [9.17, 15) is 19.4 Å². The Balaban J connectivity index is 4.00. The van der Waals surface area contributed by atoms with Gasteiger partial charge in [0.1, 0.15) is 13.2 Å². The number of phosphoric ester groups is 1. The summed E-state index contributed by atoms with van der Waals surface area (Å²) in [5.74, 6) is -0.187. The van der Waals surface area contributed by atoms with Gasteiger partial charge in [0, 0.05) is 6.42 Å². The zero-order chi connectivity index (χ0) is 58.4. The van der Waals surface area contributed by atoms with E-state index >= 15 is 0 Å². The lowest BCUT2D eigenvalue weighted by Gasteiger charge is -2.29. The van der Waals surface area contributed by atoms with Crippen molar-refractivity contribution >= 4 is 13.7 Å². The molecule has 0 aliphatic heterocycles.